The lowest BCUT2D eigenvalue weighted by atomic mass is 10.0. The van der Waals surface area contributed by atoms with E-state index in [1.807, 2.05) is 25.1 Å². The molecule has 176 valence electrons. The predicted molar refractivity (Wildman–Crippen MR) is 122 cm³/mol. The molecule has 0 unspecified atom stereocenters. The Morgan fingerprint density at radius 3 is 2.36 bits per heavy atom. The van der Waals surface area contributed by atoms with Crippen LogP contribution in [0.1, 0.15) is 35.1 Å². The Labute approximate surface area is 192 Å². The van der Waals surface area contributed by atoms with Gasteiger partial charge in [0.15, 0.2) is 5.82 Å². The average Bonchev–Trinajstić information content (AvgIpc) is 3.21. The van der Waals surface area contributed by atoms with Crippen molar-refractivity contribution in [3.8, 4) is 11.4 Å². The highest BCUT2D eigenvalue weighted by molar-refractivity contribution is 5.64. The van der Waals surface area contributed by atoms with Crippen molar-refractivity contribution in [2.75, 3.05) is 25.0 Å². The molecule has 0 N–H and O–H groups in total. The lowest BCUT2D eigenvalue weighted by molar-refractivity contribution is -0.138. The normalized spacial score (nSPS) is 15.5. The predicted octanol–water partition coefficient (Wildman–Crippen LogP) is 4.61. The molecule has 0 bridgehead atoms. The molecule has 0 aliphatic carbocycles. The molecule has 0 saturated carbocycles. The first kappa shape index (κ1) is 23.2. The van der Waals surface area contributed by atoms with Gasteiger partial charge >= 0.3 is 6.18 Å². The molecule has 3 aromatic rings. The summed E-state index contributed by atoms with van der Waals surface area (Å²) in [6, 6.07) is 7.97. The molecule has 9 heteroatoms. The summed E-state index contributed by atoms with van der Waals surface area (Å²) in [5, 5.41) is 13.2. The van der Waals surface area contributed by atoms with Gasteiger partial charge in [-0.25, -0.2) is 0 Å². The fraction of sp³-hybridized carbons (Fsp3) is 0.458. The highest BCUT2D eigenvalue weighted by Crippen LogP contribution is 2.33. The van der Waals surface area contributed by atoms with Gasteiger partial charge in [0.1, 0.15) is 5.69 Å². The Bertz CT molecular complexity index is 1120. The van der Waals surface area contributed by atoms with E-state index in [0.29, 0.717) is 5.56 Å². The summed E-state index contributed by atoms with van der Waals surface area (Å²) >= 11 is 0. The van der Waals surface area contributed by atoms with Gasteiger partial charge in [-0.2, -0.15) is 18.3 Å². The summed E-state index contributed by atoms with van der Waals surface area (Å²) in [7, 11) is 3.79. The molecular weight excluding hydrogens is 429 g/mol. The van der Waals surface area contributed by atoms with Gasteiger partial charge in [-0.05, 0) is 62.6 Å². The fourth-order valence-electron chi connectivity index (χ4n) is 4.59. The standard InChI is InChI=1S/C24H29F3N6/c1-16-17(2)23(30-29-22(16)21-9-12-28-32(21)4)33-13-10-19(11-14-33)31(3)15-18-7-5-6-8-20(18)24(25,26)27/h5-9,12,19H,10-11,13-15H2,1-4H3. The minimum absolute atomic E-state index is 0.214. The van der Waals surface area contributed by atoms with Crippen molar-refractivity contribution in [3.05, 3.63) is 58.8 Å². The highest BCUT2D eigenvalue weighted by Gasteiger charge is 2.34. The molecule has 1 fully saturated rings. The summed E-state index contributed by atoms with van der Waals surface area (Å²) in [5.41, 5.74) is 3.68. The summed E-state index contributed by atoms with van der Waals surface area (Å²) in [4.78, 5) is 4.27. The number of hydrogen-bond donors (Lipinski definition) is 0. The van der Waals surface area contributed by atoms with Crippen LogP contribution in [0.3, 0.4) is 0 Å². The molecule has 33 heavy (non-hydrogen) atoms. The zero-order valence-electron chi connectivity index (χ0n) is 19.4. The quantitative estimate of drug-likeness (QED) is 0.559. The van der Waals surface area contributed by atoms with Crippen molar-refractivity contribution in [1.29, 1.82) is 0 Å². The SMILES string of the molecule is Cc1c(-c2ccnn2C)nnc(N2CCC(N(C)Cc3ccccc3C(F)(F)F)CC2)c1C. The maximum Gasteiger partial charge on any atom is 0.416 e. The van der Waals surface area contributed by atoms with E-state index >= 15 is 0 Å². The molecule has 4 rings (SSSR count). The molecule has 3 heterocycles. The summed E-state index contributed by atoms with van der Waals surface area (Å²) in [6.07, 6.45) is -0.882. The second-order valence-electron chi connectivity index (χ2n) is 8.75. The summed E-state index contributed by atoms with van der Waals surface area (Å²) in [5.74, 6) is 0.877. The topological polar surface area (TPSA) is 50.1 Å². The minimum Gasteiger partial charge on any atom is -0.355 e. The molecule has 0 amide bonds. The molecular formula is C24H29F3N6. The Morgan fingerprint density at radius 1 is 1.03 bits per heavy atom. The van der Waals surface area contributed by atoms with E-state index in [2.05, 4.69) is 34.0 Å². The number of nitrogens with zero attached hydrogens (tertiary/aromatic N) is 6. The monoisotopic (exact) mass is 458 g/mol. The summed E-state index contributed by atoms with van der Waals surface area (Å²) in [6.45, 7) is 5.96. The van der Waals surface area contributed by atoms with Gasteiger partial charge in [-0.15, -0.1) is 10.2 Å². The van der Waals surface area contributed by atoms with E-state index in [1.54, 1.807) is 23.0 Å². The van der Waals surface area contributed by atoms with Gasteiger partial charge in [-0.1, -0.05) is 18.2 Å². The first-order chi connectivity index (χ1) is 15.7. The molecule has 2 aromatic heterocycles. The molecule has 0 atom stereocenters. The van der Waals surface area contributed by atoms with Crippen molar-refractivity contribution in [1.82, 2.24) is 24.9 Å². The molecule has 1 saturated heterocycles. The second-order valence-corrected chi connectivity index (χ2v) is 8.75. The Morgan fingerprint density at radius 2 is 1.73 bits per heavy atom. The van der Waals surface area contributed by atoms with Crippen LogP contribution in [0.2, 0.25) is 0 Å². The average molecular weight is 459 g/mol. The van der Waals surface area contributed by atoms with Gasteiger partial charge < -0.3 is 4.90 Å². The Kier molecular flexibility index (Phi) is 6.43. The first-order valence-corrected chi connectivity index (χ1v) is 11.1. The van der Waals surface area contributed by atoms with Crippen LogP contribution >= 0.6 is 0 Å². The van der Waals surface area contributed by atoms with E-state index in [4.69, 9.17) is 0 Å². The van der Waals surface area contributed by atoms with Crippen molar-refractivity contribution in [2.24, 2.45) is 7.05 Å². The van der Waals surface area contributed by atoms with Crippen molar-refractivity contribution in [3.63, 3.8) is 0 Å². The third-order valence-electron chi connectivity index (χ3n) is 6.69. The lowest BCUT2D eigenvalue weighted by Crippen LogP contribution is -2.44. The first-order valence-electron chi connectivity index (χ1n) is 11.1. The zero-order valence-corrected chi connectivity index (χ0v) is 19.4. The zero-order chi connectivity index (χ0) is 23.8. The Balaban J connectivity index is 1.43. The third-order valence-corrected chi connectivity index (χ3v) is 6.69. The van der Waals surface area contributed by atoms with Crippen molar-refractivity contribution < 1.29 is 13.2 Å². The van der Waals surface area contributed by atoms with Crippen LogP contribution in [-0.4, -0.2) is 51.1 Å². The number of alkyl halides is 3. The number of hydrogen-bond acceptors (Lipinski definition) is 5. The maximum absolute atomic E-state index is 13.3. The second kappa shape index (κ2) is 9.13. The lowest BCUT2D eigenvalue weighted by Gasteiger charge is -2.38. The smallest absolute Gasteiger partial charge is 0.355 e. The van der Waals surface area contributed by atoms with Crippen LogP contribution in [0.4, 0.5) is 19.0 Å². The number of benzene rings is 1. The molecule has 1 aliphatic heterocycles. The molecule has 0 radical (unpaired) electrons. The van der Waals surface area contributed by atoms with Crippen LogP contribution in [0.5, 0.6) is 0 Å². The number of rotatable bonds is 5. The maximum atomic E-state index is 13.3. The Hall–Kier alpha value is -2.94. The summed E-state index contributed by atoms with van der Waals surface area (Å²) < 4.78 is 41.8. The van der Waals surface area contributed by atoms with E-state index in [-0.39, 0.29) is 12.6 Å². The van der Waals surface area contributed by atoms with Crippen LogP contribution in [0.25, 0.3) is 11.4 Å². The van der Waals surface area contributed by atoms with Gasteiger partial charge in [-0.3, -0.25) is 9.58 Å². The van der Waals surface area contributed by atoms with Gasteiger partial charge in [0, 0.05) is 38.9 Å². The highest BCUT2D eigenvalue weighted by atomic mass is 19.4. The minimum atomic E-state index is -4.34. The number of aryl methyl sites for hydroxylation is 1. The van der Waals surface area contributed by atoms with Gasteiger partial charge in [0.2, 0.25) is 0 Å². The number of aromatic nitrogens is 4. The number of anilines is 1. The van der Waals surface area contributed by atoms with Crippen molar-refractivity contribution >= 4 is 5.82 Å². The van der Waals surface area contributed by atoms with Crippen LogP contribution in [-0.2, 0) is 19.8 Å². The molecule has 1 aliphatic rings. The molecule has 1 aromatic carbocycles. The van der Waals surface area contributed by atoms with E-state index in [1.165, 1.54) is 6.07 Å². The van der Waals surface area contributed by atoms with E-state index < -0.39 is 11.7 Å². The fourth-order valence-corrected chi connectivity index (χ4v) is 4.59. The number of halogens is 3. The van der Waals surface area contributed by atoms with Gasteiger partial charge in [0.25, 0.3) is 0 Å². The molecule has 0 spiro atoms. The largest absolute Gasteiger partial charge is 0.416 e. The molecule has 6 nitrogen and oxygen atoms in total. The van der Waals surface area contributed by atoms with Crippen LogP contribution < -0.4 is 4.90 Å². The van der Waals surface area contributed by atoms with E-state index in [0.717, 1.165) is 60.3 Å². The van der Waals surface area contributed by atoms with Crippen LogP contribution in [0, 0.1) is 13.8 Å². The van der Waals surface area contributed by atoms with E-state index in [9.17, 15) is 13.2 Å². The van der Waals surface area contributed by atoms with Crippen molar-refractivity contribution in [2.45, 2.75) is 45.5 Å². The third kappa shape index (κ3) is 4.73. The van der Waals surface area contributed by atoms with Gasteiger partial charge in [0.05, 0.1) is 11.3 Å². The number of piperidine rings is 1. The van der Waals surface area contributed by atoms with Crippen LogP contribution in [0.15, 0.2) is 36.5 Å².